The lowest BCUT2D eigenvalue weighted by molar-refractivity contribution is -0.189. The SMILES string of the molecule is CC(C)NC(=O)Nc1cccc(C(=O)N2CC[C@H](C(F)(F)F)C2(C)C)c1. The van der Waals surface area contributed by atoms with Gasteiger partial charge in [-0.05, 0) is 52.3 Å². The molecule has 0 aliphatic carbocycles. The number of halogens is 3. The van der Waals surface area contributed by atoms with Crippen molar-refractivity contribution in [1.82, 2.24) is 10.2 Å². The fourth-order valence-corrected chi connectivity index (χ4v) is 3.33. The molecule has 0 radical (unpaired) electrons. The van der Waals surface area contributed by atoms with Gasteiger partial charge < -0.3 is 15.5 Å². The monoisotopic (exact) mass is 371 g/mol. The maximum absolute atomic E-state index is 13.2. The van der Waals surface area contributed by atoms with Gasteiger partial charge in [0.2, 0.25) is 0 Å². The molecule has 0 unspecified atom stereocenters. The highest BCUT2D eigenvalue weighted by molar-refractivity contribution is 5.97. The summed E-state index contributed by atoms with van der Waals surface area (Å²) in [5.74, 6) is -2.04. The molecule has 1 aliphatic heterocycles. The first-order valence-electron chi connectivity index (χ1n) is 8.49. The van der Waals surface area contributed by atoms with Crippen molar-refractivity contribution in [2.75, 3.05) is 11.9 Å². The number of amides is 3. The van der Waals surface area contributed by atoms with Crippen molar-refractivity contribution in [3.05, 3.63) is 29.8 Å². The number of alkyl halides is 3. The van der Waals surface area contributed by atoms with E-state index >= 15 is 0 Å². The zero-order valence-electron chi connectivity index (χ0n) is 15.3. The van der Waals surface area contributed by atoms with Crippen molar-refractivity contribution in [3.63, 3.8) is 0 Å². The van der Waals surface area contributed by atoms with Crippen LogP contribution in [0, 0.1) is 5.92 Å². The van der Waals surface area contributed by atoms with E-state index in [2.05, 4.69) is 10.6 Å². The first kappa shape index (κ1) is 20.1. The highest BCUT2D eigenvalue weighted by atomic mass is 19.4. The van der Waals surface area contributed by atoms with Gasteiger partial charge in [-0.2, -0.15) is 13.2 Å². The summed E-state index contributed by atoms with van der Waals surface area (Å²) < 4.78 is 39.6. The van der Waals surface area contributed by atoms with Crippen LogP contribution in [-0.4, -0.2) is 41.1 Å². The number of hydrogen-bond donors (Lipinski definition) is 2. The molecule has 26 heavy (non-hydrogen) atoms. The number of carbonyl (C=O) groups excluding carboxylic acids is 2. The molecule has 1 saturated heterocycles. The van der Waals surface area contributed by atoms with Gasteiger partial charge in [0, 0.05) is 29.4 Å². The summed E-state index contributed by atoms with van der Waals surface area (Å²) in [4.78, 5) is 25.8. The molecule has 144 valence electrons. The van der Waals surface area contributed by atoms with Gasteiger partial charge in [-0.25, -0.2) is 4.79 Å². The molecule has 8 heteroatoms. The van der Waals surface area contributed by atoms with Crippen molar-refractivity contribution >= 4 is 17.6 Å². The highest BCUT2D eigenvalue weighted by Gasteiger charge is 2.56. The van der Waals surface area contributed by atoms with E-state index < -0.39 is 29.6 Å². The number of carbonyl (C=O) groups is 2. The molecule has 1 aromatic rings. The van der Waals surface area contributed by atoms with Gasteiger partial charge in [0.25, 0.3) is 5.91 Å². The minimum Gasteiger partial charge on any atom is -0.336 e. The van der Waals surface area contributed by atoms with E-state index in [9.17, 15) is 22.8 Å². The van der Waals surface area contributed by atoms with Crippen LogP contribution in [0.25, 0.3) is 0 Å². The number of nitrogens with zero attached hydrogens (tertiary/aromatic N) is 1. The summed E-state index contributed by atoms with van der Waals surface area (Å²) in [6.07, 6.45) is -4.46. The van der Waals surface area contributed by atoms with Gasteiger partial charge in [-0.3, -0.25) is 4.79 Å². The Balaban J connectivity index is 2.18. The summed E-state index contributed by atoms with van der Waals surface area (Å²) in [5.41, 5.74) is -0.685. The fourth-order valence-electron chi connectivity index (χ4n) is 3.33. The summed E-state index contributed by atoms with van der Waals surface area (Å²) in [6, 6.07) is 5.74. The minimum atomic E-state index is -4.35. The third-order valence-corrected chi connectivity index (χ3v) is 4.62. The Morgan fingerprint density at radius 2 is 1.92 bits per heavy atom. The van der Waals surface area contributed by atoms with Gasteiger partial charge in [0.1, 0.15) is 0 Å². The van der Waals surface area contributed by atoms with Crippen LogP contribution < -0.4 is 10.6 Å². The predicted molar refractivity (Wildman–Crippen MR) is 93.0 cm³/mol. The van der Waals surface area contributed by atoms with Crippen molar-refractivity contribution in [1.29, 1.82) is 0 Å². The second-order valence-electron chi connectivity index (χ2n) is 7.33. The summed E-state index contributed by atoms with van der Waals surface area (Å²) in [5, 5.41) is 5.27. The Bertz CT molecular complexity index is 687. The minimum absolute atomic E-state index is 0.0432. The summed E-state index contributed by atoms with van der Waals surface area (Å²) in [7, 11) is 0. The quantitative estimate of drug-likeness (QED) is 0.843. The molecular formula is C18H24F3N3O2. The van der Waals surface area contributed by atoms with Crippen LogP contribution in [-0.2, 0) is 0 Å². The number of likely N-dealkylation sites (tertiary alicyclic amines) is 1. The molecule has 2 rings (SSSR count). The lowest BCUT2D eigenvalue weighted by Gasteiger charge is -2.36. The summed E-state index contributed by atoms with van der Waals surface area (Å²) >= 11 is 0. The number of rotatable bonds is 3. The molecule has 0 bridgehead atoms. The lowest BCUT2D eigenvalue weighted by atomic mass is 9.87. The van der Waals surface area contributed by atoms with E-state index in [-0.39, 0.29) is 24.6 Å². The average molecular weight is 371 g/mol. The fraction of sp³-hybridized carbons (Fsp3) is 0.556. The van der Waals surface area contributed by atoms with Crippen molar-refractivity contribution in [2.24, 2.45) is 5.92 Å². The molecule has 0 saturated carbocycles. The third-order valence-electron chi connectivity index (χ3n) is 4.62. The summed E-state index contributed by atoms with van der Waals surface area (Å²) in [6.45, 7) is 6.54. The van der Waals surface area contributed by atoms with Gasteiger partial charge >= 0.3 is 12.2 Å². The number of benzene rings is 1. The van der Waals surface area contributed by atoms with Gasteiger partial charge in [0.15, 0.2) is 0 Å². The van der Waals surface area contributed by atoms with Crippen molar-refractivity contribution in [2.45, 2.75) is 51.9 Å². The molecule has 1 heterocycles. The highest BCUT2D eigenvalue weighted by Crippen LogP contribution is 2.45. The molecule has 3 amide bonds. The zero-order chi connectivity index (χ0) is 19.7. The van der Waals surface area contributed by atoms with Crippen LogP contribution in [0.5, 0.6) is 0 Å². The van der Waals surface area contributed by atoms with E-state index in [0.717, 1.165) is 0 Å². The molecule has 0 spiro atoms. The Hall–Kier alpha value is -2.25. The van der Waals surface area contributed by atoms with E-state index in [4.69, 9.17) is 0 Å². The first-order chi connectivity index (χ1) is 11.9. The van der Waals surface area contributed by atoms with E-state index in [1.807, 2.05) is 13.8 Å². The maximum Gasteiger partial charge on any atom is 0.394 e. The van der Waals surface area contributed by atoms with Gasteiger partial charge in [-0.1, -0.05) is 6.07 Å². The molecule has 1 aromatic carbocycles. The Morgan fingerprint density at radius 1 is 1.27 bits per heavy atom. The third kappa shape index (κ3) is 4.28. The smallest absolute Gasteiger partial charge is 0.336 e. The second kappa shape index (κ2) is 7.17. The maximum atomic E-state index is 13.2. The second-order valence-corrected chi connectivity index (χ2v) is 7.33. The zero-order valence-corrected chi connectivity index (χ0v) is 15.3. The van der Waals surface area contributed by atoms with Crippen LogP contribution in [0.3, 0.4) is 0 Å². The number of anilines is 1. The Labute approximate surface area is 150 Å². The molecular weight excluding hydrogens is 347 g/mol. The molecule has 1 atom stereocenters. The van der Waals surface area contributed by atoms with Gasteiger partial charge in [0.05, 0.1) is 5.92 Å². The van der Waals surface area contributed by atoms with Crippen LogP contribution in [0.15, 0.2) is 24.3 Å². The molecule has 1 aliphatic rings. The number of nitrogens with one attached hydrogen (secondary N) is 2. The van der Waals surface area contributed by atoms with Crippen LogP contribution >= 0.6 is 0 Å². The van der Waals surface area contributed by atoms with Crippen LogP contribution in [0.2, 0.25) is 0 Å². The standard InChI is InChI=1S/C18H24F3N3O2/c1-11(2)22-16(26)23-13-7-5-6-12(10-13)15(25)24-9-8-14(17(24,3)4)18(19,20)21/h5-7,10-11,14H,8-9H2,1-4H3,(H2,22,23,26)/t14-/m0/s1. The van der Waals surface area contributed by atoms with E-state index in [1.165, 1.54) is 30.9 Å². The molecule has 5 nitrogen and oxygen atoms in total. The normalized spacial score (nSPS) is 19.5. The topological polar surface area (TPSA) is 61.4 Å². The van der Waals surface area contributed by atoms with Crippen molar-refractivity contribution < 1.29 is 22.8 Å². The number of urea groups is 1. The Kier molecular flexibility index (Phi) is 5.53. The number of hydrogen-bond acceptors (Lipinski definition) is 2. The Morgan fingerprint density at radius 3 is 2.46 bits per heavy atom. The average Bonchev–Trinajstić information content (AvgIpc) is 2.80. The molecule has 2 N–H and O–H groups in total. The molecule has 1 fully saturated rings. The van der Waals surface area contributed by atoms with Crippen LogP contribution in [0.4, 0.5) is 23.7 Å². The van der Waals surface area contributed by atoms with E-state index in [1.54, 1.807) is 12.1 Å². The van der Waals surface area contributed by atoms with E-state index in [0.29, 0.717) is 5.69 Å². The van der Waals surface area contributed by atoms with Crippen molar-refractivity contribution in [3.8, 4) is 0 Å². The first-order valence-corrected chi connectivity index (χ1v) is 8.49. The lowest BCUT2D eigenvalue weighted by Crippen LogP contribution is -2.49. The predicted octanol–water partition coefficient (Wildman–Crippen LogP) is 4.02. The van der Waals surface area contributed by atoms with Gasteiger partial charge in [-0.15, -0.1) is 0 Å². The van der Waals surface area contributed by atoms with Crippen LogP contribution in [0.1, 0.15) is 44.5 Å². The molecule has 0 aromatic heterocycles. The largest absolute Gasteiger partial charge is 0.394 e.